The number of hydrogen-bond acceptors (Lipinski definition) is 2. The number of benzene rings is 2. The minimum Gasteiger partial charge on any atom is -0.306 e. The Balaban J connectivity index is 2.41. The molecule has 0 atom stereocenters. The monoisotopic (exact) mass is 270 g/mol. The van der Waals surface area contributed by atoms with Gasteiger partial charge in [-0.1, -0.05) is 12.1 Å². The van der Waals surface area contributed by atoms with Crippen LogP contribution in [0.3, 0.4) is 0 Å². The van der Waals surface area contributed by atoms with E-state index in [9.17, 15) is 14.0 Å². The van der Waals surface area contributed by atoms with Gasteiger partial charge in [-0.25, -0.2) is 13.8 Å². The van der Waals surface area contributed by atoms with E-state index in [1.807, 2.05) is 6.92 Å². The molecule has 0 radical (unpaired) electrons. The second kappa shape index (κ2) is 4.45. The quantitative estimate of drug-likeness (QED) is 0.736. The summed E-state index contributed by atoms with van der Waals surface area (Å²) in [5.41, 5.74) is 0.579. The lowest BCUT2D eigenvalue weighted by Crippen LogP contribution is -2.33. The Morgan fingerprint density at radius 3 is 2.65 bits per heavy atom. The highest BCUT2D eigenvalue weighted by atomic mass is 19.1. The van der Waals surface area contributed by atoms with Crippen LogP contribution in [-0.4, -0.2) is 9.55 Å². The molecule has 0 bridgehead atoms. The second-order valence-electron chi connectivity index (χ2n) is 4.60. The average molecular weight is 270 g/mol. The molecule has 0 aliphatic carbocycles. The molecular formula is C15H11FN2O2. The van der Waals surface area contributed by atoms with Crippen LogP contribution >= 0.6 is 0 Å². The number of hydrogen-bond donors (Lipinski definition) is 1. The van der Waals surface area contributed by atoms with Crippen LogP contribution in [0.25, 0.3) is 16.6 Å². The molecule has 0 aliphatic rings. The van der Waals surface area contributed by atoms with E-state index in [-0.39, 0.29) is 5.69 Å². The smallest absolute Gasteiger partial charge is 0.306 e. The summed E-state index contributed by atoms with van der Waals surface area (Å²) in [5.74, 6) is -0.502. The average Bonchev–Trinajstić information content (AvgIpc) is 2.38. The normalized spacial score (nSPS) is 10.9. The largest absolute Gasteiger partial charge is 0.333 e. The maximum Gasteiger partial charge on any atom is 0.333 e. The standard InChI is InChI=1S/C15H11FN2O2/c1-9-5-6-12-13(7-9)17-15(20)18(14(12)19)11-4-2-3-10(16)8-11/h2-8H,1H3,(H,17,20). The van der Waals surface area contributed by atoms with Gasteiger partial charge in [-0.05, 0) is 42.8 Å². The Morgan fingerprint density at radius 1 is 1.10 bits per heavy atom. The van der Waals surface area contributed by atoms with E-state index < -0.39 is 17.1 Å². The van der Waals surface area contributed by atoms with Gasteiger partial charge in [0.2, 0.25) is 0 Å². The number of H-pyrrole nitrogens is 1. The van der Waals surface area contributed by atoms with Crippen molar-refractivity contribution < 1.29 is 4.39 Å². The number of nitrogens with one attached hydrogen (secondary N) is 1. The van der Waals surface area contributed by atoms with Crippen molar-refractivity contribution in [1.82, 2.24) is 9.55 Å². The minimum atomic E-state index is -0.585. The van der Waals surface area contributed by atoms with Crippen molar-refractivity contribution in [3.05, 3.63) is 74.7 Å². The van der Waals surface area contributed by atoms with Gasteiger partial charge in [0.1, 0.15) is 5.82 Å². The second-order valence-corrected chi connectivity index (χ2v) is 4.60. The third-order valence-corrected chi connectivity index (χ3v) is 3.12. The molecular weight excluding hydrogens is 259 g/mol. The van der Waals surface area contributed by atoms with Crippen molar-refractivity contribution in [2.24, 2.45) is 0 Å². The molecule has 20 heavy (non-hydrogen) atoms. The van der Waals surface area contributed by atoms with Gasteiger partial charge in [0.05, 0.1) is 16.6 Å². The summed E-state index contributed by atoms with van der Waals surface area (Å²) in [6, 6.07) is 10.5. The molecule has 0 saturated carbocycles. The molecule has 5 heteroatoms. The summed E-state index contributed by atoms with van der Waals surface area (Å²) in [6.07, 6.45) is 0. The Labute approximate surface area is 113 Å². The van der Waals surface area contributed by atoms with Crippen LogP contribution < -0.4 is 11.2 Å². The minimum absolute atomic E-state index is 0.207. The van der Waals surface area contributed by atoms with Crippen LogP contribution in [0, 0.1) is 12.7 Å². The molecule has 0 unspecified atom stereocenters. The highest BCUT2D eigenvalue weighted by Crippen LogP contribution is 2.10. The first kappa shape index (κ1) is 12.3. The van der Waals surface area contributed by atoms with Gasteiger partial charge in [-0.3, -0.25) is 4.79 Å². The number of aromatic amines is 1. The molecule has 1 aromatic heterocycles. The van der Waals surface area contributed by atoms with Crippen LogP contribution in [0.1, 0.15) is 5.56 Å². The highest BCUT2D eigenvalue weighted by molar-refractivity contribution is 5.78. The van der Waals surface area contributed by atoms with Crippen LogP contribution in [0.5, 0.6) is 0 Å². The summed E-state index contributed by atoms with van der Waals surface area (Å²) < 4.78 is 14.2. The lowest BCUT2D eigenvalue weighted by molar-refractivity contribution is 0.626. The number of aromatic nitrogens is 2. The molecule has 3 aromatic rings. The molecule has 2 aromatic carbocycles. The van der Waals surface area contributed by atoms with E-state index in [0.29, 0.717) is 10.9 Å². The molecule has 0 spiro atoms. The number of aryl methyl sites for hydroxylation is 1. The van der Waals surface area contributed by atoms with Gasteiger partial charge in [0.15, 0.2) is 0 Å². The SMILES string of the molecule is Cc1ccc2c(=O)n(-c3cccc(F)c3)c(=O)[nH]c2c1. The maximum absolute atomic E-state index is 13.3. The van der Waals surface area contributed by atoms with E-state index >= 15 is 0 Å². The van der Waals surface area contributed by atoms with Gasteiger partial charge in [0.25, 0.3) is 5.56 Å². The number of nitrogens with zero attached hydrogens (tertiary/aromatic N) is 1. The molecule has 0 amide bonds. The van der Waals surface area contributed by atoms with E-state index in [1.54, 1.807) is 18.2 Å². The lowest BCUT2D eigenvalue weighted by Gasteiger charge is -2.06. The van der Waals surface area contributed by atoms with Gasteiger partial charge in [-0.15, -0.1) is 0 Å². The predicted molar refractivity (Wildman–Crippen MR) is 74.9 cm³/mol. The fourth-order valence-electron chi connectivity index (χ4n) is 2.18. The van der Waals surface area contributed by atoms with Gasteiger partial charge < -0.3 is 4.98 Å². The summed E-state index contributed by atoms with van der Waals surface area (Å²) >= 11 is 0. The summed E-state index contributed by atoms with van der Waals surface area (Å²) in [6.45, 7) is 1.87. The molecule has 0 aliphatic heterocycles. The molecule has 3 rings (SSSR count). The van der Waals surface area contributed by atoms with E-state index in [0.717, 1.165) is 16.2 Å². The molecule has 100 valence electrons. The van der Waals surface area contributed by atoms with Crippen molar-refractivity contribution in [2.45, 2.75) is 6.92 Å². The van der Waals surface area contributed by atoms with Crippen LogP contribution in [0.2, 0.25) is 0 Å². The maximum atomic E-state index is 13.3. The van der Waals surface area contributed by atoms with Crippen LogP contribution in [0.15, 0.2) is 52.1 Å². The van der Waals surface area contributed by atoms with Crippen LogP contribution in [0.4, 0.5) is 4.39 Å². The van der Waals surface area contributed by atoms with Crippen molar-refractivity contribution in [3.63, 3.8) is 0 Å². The number of fused-ring (bicyclic) bond motifs is 1. The van der Waals surface area contributed by atoms with Crippen molar-refractivity contribution >= 4 is 10.9 Å². The third-order valence-electron chi connectivity index (χ3n) is 3.12. The van der Waals surface area contributed by atoms with E-state index in [2.05, 4.69) is 4.98 Å². The third kappa shape index (κ3) is 1.93. The highest BCUT2D eigenvalue weighted by Gasteiger charge is 2.09. The van der Waals surface area contributed by atoms with Gasteiger partial charge in [0, 0.05) is 0 Å². The Kier molecular flexibility index (Phi) is 2.75. The molecule has 0 saturated heterocycles. The van der Waals surface area contributed by atoms with Crippen molar-refractivity contribution in [2.75, 3.05) is 0 Å². The fourth-order valence-corrected chi connectivity index (χ4v) is 2.18. The van der Waals surface area contributed by atoms with Crippen molar-refractivity contribution in [1.29, 1.82) is 0 Å². The number of rotatable bonds is 1. The van der Waals surface area contributed by atoms with E-state index in [1.165, 1.54) is 18.2 Å². The Morgan fingerprint density at radius 2 is 1.90 bits per heavy atom. The fraction of sp³-hybridized carbons (Fsp3) is 0.0667. The van der Waals surface area contributed by atoms with Crippen molar-refractivity contribution in [3.8, 4) is 5.69 Å². The first-order valence-electron chi connectivity index (χ1n) is 6.08. The first-order chi connectivity index (χ1) is 9.56. The van der Waals surface area contributed by atoms with Gasteiger partial charge in [-0.2, -0.15) is 0 Å². The predicted octanol–water partition coefficient (Wildman–Crippen LogP) is 2.13. The molecule has 4 nitrogen and oxygen atoms in total. The lowest BCUT2D eigenvalue weighted by atomic mass is 10.2. The van der Waals surface area contributed by atoms with E-state index in [4.69, 9.17) is 0 Å². The molecule has 0 fully saturated rings. The zero-order chi connectivity index (χ0) is 14.3. The molecule has 1 heterocycles. The van der Waals surface area contributed by atoms with Gasteiger partial charge >= 0.3 is 5.69 Å². The summed E-state index contributed by atoms with van der Waals surface area (Å²) in [7, 11) is 0. The zero-order valence-corrected chi connectivity index (χ0v) is 10.7. The number of halogens is 1. The summed E-state index contributed by atoms with van der Waals surface area (Å²) in [5, 5.41) is 0.388. The first-order valence-corrected chi connectivity index (χ1v) is 6.08. The Bertz CT molecular complexity index is 925. The topological polar surface area (TPSA) is 54.9 Å². The van der Waals surface area contributed by atoms with Crippen LogP contribution in [-0.2, 0) is 0 Å². The zero-order valence-electron chi connectivity index (χ0n) is 10.7. The molecule has 1 N–H and O–H groups in total. The Hall–Kier alpha value is -2.69. The summed E-state index contributed by atoms with van der Waals surface area (Å²) in [4.78, 5) is 27.1.